The van der Waals surface area contributed by atoms with Crippen molar-refractivity contribution in [3.63, 3.8) is 0 Å². The molecule has 0 aromatic heterocycles. The molecule has 11 heavy (non-hydrogen) atoms. The topological polar surface area (TPSA) is 40.5 Å². The molecule has 3 heteroatoms. The number of carbonyl (C=O) groups excluding carboxylic acids is 1. The standard InChI is InChI=1S/C8H17NO2/c1-4-8(11)7(2)9(3)5-6-10/h7,10H,4-6H2,1-3H3. The molecule has 0 aliphatic rings. The minimum absolute atomic E-state index is 0.0628. The molecule has 0 spiro atoms. The summed E-state index contributed by atoms with van der Waals surface area (Å²) in [5.41, 5.74) is 0. The molecular formula is C8H17NO2. The summed E-state index contributed by atoms with van der Waals surface area (Å²) in [6.07, 6.45) is 0.566. The van der Waals surface area contributed by atoms with Crippen LogP contribution in [0.1, 0.15) is 20.3 Å². The number of Topliss-reactive ketones (excluding diaryl/α,β-unsaturated/α-hetero) is 1. The third kappa shape index (κ3) is 3.49. The van der Waals surface area contributed by atoms with Gasteiger partial charge in [0.2, 0.25) is 0 Å². The van der Waals surface area contributed by atoms with E-state index in [1.165, 1.54) is 0 Å². The number of carbonyl (C=O) groups is 1. The third-order valence-electron chi connectivity index (χ3n) is 1.93. The molecule has 66 valence electrons. The fourth-order valence-corrected chi connectivity index (χ4v) is 0.893. The van der Waals surface area contributed by atoms with E-state index in [4.69, 9.17) is 5.11 Å². The SMILES string of the molecule is CCC(=O)C(C)N(C)CCO. The highest BCUT2D eigenvalue weighted by Crippen LogP contribution is 1.98. The van der Waals surface area contributed by atoms with Gasteiger partial charge in [0.25, 0.3) is 0 Å². The average molecular weight is 159 g/mol. The van der Waals surface area contributed by atoms with Crippen LogP contribution in [0.4, 0.5) is 0 Å². The molecule has 0 fully saturated rings. The molecule has 0 aromatic carbocycles. The van der Waals surface area contributed by atoms with E-state index in [9.17, 15) is 4.79 Å². The lowest BCUT2D eigenvalue weighted by atomic mass is 10.1. The molecule has 0 heterocycles. The molecule has 0 radical (unpaired) electrons. The van der Waals surface area contributed by atoms with Gasteiger partial charge in [-0.25, -0.2) is 0 Å². The van der Waals surface area contributed by atoms with Crippen LogP contribution < -0.4 is 0 Å². The normalized spacial score (nSPS) is 13.5. The Labute approximate surface area is 68.0 Å². The Hall–Kier alpha value is -0.410. The Morgan fingerprint density at radius 1 is 1.64 bits per heavy atom. The highest BCUT2D eigenvalue weighted by Gasteiger charge is 2.14. The fraction of sp³-hybridized carbons (Fsp3) is 0.875. The molecule has 0 aromatic rings. The van der Waals surface area contributed by atoms with Gasteiger partial charge in [-0.3, -0.25) is 9.69 Å². The fourth-order valence-electron chi connectivity index (χ4n) is 0.893. The first kappa shape index (κ1) is 10.6. The number of ketones is 1. The van der Waals surface area contributed by atoms with Crippen LogP contribution in [0.25, 0.3) is 0 Å². The van der Waals surface area contributed by atoms with Gasteiger partial charge in [-0.15, -0.1) is 0 Å². The highest BCUT2D eigenvalue weighted by atomic mass is 16.3. The second-order valence-electron chi connectivity index (χ2n) is 2.70. The maximum atomic E-state index is 11.1. The molecule has 0 rings (SSSR count). The first-order valence-corrected chi connectivity index (χ1v) is 3.97. The number of aliphatic hydroxyl groups is 1. The quantitative estimate of drug-likeness (QED) is 0.626. The minimum atomic E-state index is -0.0628. The summed E-state index contributed by atoms with van der Waals surface area (Å²) in [6, 6.07) is -0.0628. The van der Waals surface area contributed by atoms with E-state index in [0.29, 0.717) is 13.0 Å². The van der Waals surface area contributed by atoms with E-state index in [1.807, 2.05) is 25.8 Å². The summed E-state index contributed by atoms with van der Waals surface area (Å²) >= 11 is 0. The van der Waals surface area contributed by atoms with Crippen molar-refractivity contribution in [1.29, 1.82) is 0 Å². The largest absolute Gasteiger partial charge is 0.395 e. The first-order valence-electron chi connectivity index (χ1n) is 3.97. The summed E-state index contributed by atoms with van der Waals surface area (Å²) in [4.78, 5) is 13.0. The molecule has 0 bridgehead atoms. The molecule has 0 aliphatic carbocycles. The van der Waals surface area contributed by atoms with Crippen molar-refractivity contribution < 1.29 is 9.90 Å². The molecule has 0 amide bonds. The summed E-state index contributed by atoms with van der Waals surface area (Å²) < 4.78 is 0. The second kappa shape index (κ2) is 5.27. The van der Waals surface area contributed by atoms with E-state index in [2.05, 4.69) is 0 Å². The maximum Gasteiger partial charge on any atom is 0.149 e. The molecule has 0 aliphatic heterocycles. The summed E-state index contributed by atoms with van der Waals surface area (Å²) in [6.45, 7) is 4.39. The molecule has 1 unspecified atom stereocenters. The number of hydrogen-bond donors (Lipinski definition) is 1. The Kier molecular flexibility index (Phi) is 5.07. The van der Waals surface area contributed by atoms with Crippen LogP contribution in [0, 0.1) is 0 Å². The van der Waals surface area contributed by atoms with Crippen molar-refractivity contribution in [2.45, 2.75) is 26.3 Å². The minimum Gasteiger partial charge on any atom is -0.395 e. The zero-order chi connectivity index (χ0) is 8.85. The lowest BCUT2D eigenvalue weighted by Crippen LogP contribution is -2.37. The van der Waals surface area contributed by atoms with Crippen LogP contribution in [0.15, 0.2) is 0 Å². The zero-order valence-electron chi connectivity index (χ0n) is 7.50. The summed E-state index contributed by atoms with van der Waals surface area (Å²) in [5, 5.41) is 8.59. The lowest BCUT2D eigenvalue weighted by molar-refractivity contribution is -0.123. The van der Waals surface area contributed by atoms with Gasteiger partial charge >= 0.3 is 0 Å². The van der Waals surface area contributed by atoms with Gasteiger partial charge in [-0.1, -0.05) is 6.92 Å². The van der Waals surface area contributed by atoms with Gasteiger partial charge in [0, 0.05) is 13.0 Å². The van der Waals surface area contributed by atoms with Crippen molar-refractivity contribution in [3.8, 4) is 0 Å². The van der Waals surface area contributed by atoms with Crippen LogP contribution in [-0.2, 0) is 4.79 Å². The molecule has 0 saturated heterocycles. The summed E-state index contributed by atoms with van der Waals surface area (Å²) in [5.74, 6) is 0.223. The van der Waals surface area contributed by atoms with Crippen molar-refractivity contribution in [1.82, 2.24) is 4.90 Å². The molecule has 1 atom stereocenters. The number of likely N-dealkylation sites (N-methyl/N-ethyl adjacent to an activating group) is 1. The van der Waals surface area contributed by atoms with E-state index in [0.717, 1.165) is 0 Å². The van der Waals surface area contributed by atoms with Crippen LogP contribution in [0.2, 0.25) is 0 Å². The zero-order valence-corrected chi connectivity index (χ0v) is 7.50. The predicted octanol–water partition coefficient (Wildman–Crippen LogP) is 0.278. The van der Waals surface area contributed by atoms with Gasteiger partial charge < -0.3 is 5.11 Å². The van der Waals surface area contributed by atoms with Crippen LogP contribution in [0.3, 0.4) is 0 Å². The van der Waals surface area contributed by atoms with E-state index in [-0.39, 0.29) is 18.4 Å². The predicted molar refractivity (Wildman–Crippen MR) is 44.5 cm³/mol. The lowest BCUT2D eigenvalue weighted by Gasteiger charge is -2.21. The molecule has 1 N–H and O–H groups in total. The Bertz CT molecular complexity index is 125. The molecule has 0 saturated carbocycles. The van der Waals surface area contributed by atoms with Gasteiger partial charge in [-0.05, 0) is 14.0 Å². The molecular weight excluding hydrogens is 142 g/mol. The van der Waals surface area contributed by atoms with Crippen LogP contribution >= 0.6 is 0 Å². The number of rotatable bonds is 5. The maximum absolute atomic E-state index is 11.1. The number of nitrogens with zero attached hydrogens (tertiary/aromatic N) is 1. The summed E-state index contributed by atoms with van der Waals surface area (Å²) in [7, 11) is 1.84. The monoisotopic (exact) mass is 159 g/mol. The van der Waals surface area contributed by atoms with Gasteiger partial charge in [0.1, 0.15) is 5.78 Å². The smallest absolute Gasteiger partial charge is 0.149 e. The van der Waals surface area contributed by atoms with E-state index in [1.54, 1.807) is 0 Å². The van der Waals surface area contributed by atoms with Gasteiger partial charge in [0.15, 0.2) is 0 Å². The van der Waals surface area contributed by atoms with E-state index < -0.39 is 0 Å². The van der Waals surface area contributed by atoms with Crippen molar-refractivity contribution in [2.75, 3.05) is 20.2 Å². The van der Waals surface area contributed by atoms with Crippen molar-refractivity contribution >= 4 is 5.78 Å². The van der Waals surface area contributed by atoms with Gasteiger partial charge in [0.05, 0.1) is 12.6 Å². The van der Waals surface area contributed by atoms with Crippen molar-refractivity contribution in [2.24, 2.45) is 0 Å². The molecule has 3 nitrogen and oxygen atoms in total. The highest BCUT2D eigenvalue weighted by molar-refractivity contribution is 5.83. The number of hydrogen-bond acceptors (Lipinski definition) is 3. The van der Waals surface area contributed by atoms with Gasteiger partial charge in [-0.2, -0.15) is 0 Å². The third-order valence-corrected chi connectivity index (χ3v) is 1.93. The van der Waals surface area contributed by atoms with E-state index >= 15 is 0 Å². The Morgan fingerprint density at radius 3 is 2.55 bits per heavy atom. The first-order chi connectivity index (χ1) is 5.13. The second-order valence-corrected chi connectivity index (χ2v) is 2.70. The van der Waals surface area contributed by atoms with Crippen molar-refractivity contribution in [3.05, 3.63) is 0 Å². The number of aliphatic hydroxyl groups excluding tert-OH is 1. The Balaban J connectivity index is 3.80. The Morgan fingerprint density at radius 2 is 2.18 bits per heavy atom. The average Bonchev–Trinajstić information content (AvgIpc) is 2.02. The van der Waals surface area contributed by atoms with Crippen LogP contribution in [0.5, 0.6) is 0 Å². The van der Waals surface area contributed by atoms with Crippen LogP contribution in [-0.4, -0.2) is 42.0 Å².